The summed E-state index contributed by atoms with van der Waals surface area (Å²) in [6.07, 6.45) is 7.23. The zero-order chi connectivity index (χ0) is 28.0. The molecule has 3 heterocycles. The molecule has 10 nitrogen and oxygen atoms in total. The first kappa shape index (κ1) is 28.1. The second kappa shape index (κ2) is 12.8. The first-order chi connectivity index (χ1) is 19.4. The van der Waals surface area contributed by atoms with Crippen molar-refractivity contribution in [2.75, 3.05) is 38.8 Å². The molecule has 0 atom stereocenters. The van der Waals surface area contributed by atoms with Gasteiger partial charge in [0.05, 0.1) is 35.7 Å². The molecular weight excluding hydrogens is 515 g/mol. The van der Waals surface area contributed by atoms with Gasteiger partial charge in [-0.05, 0) is 56.5 Å². The fourth-order valence-electron chi connectivity index (χ4n) is 5.01. The molecule has 2 aromatic heterocycles. The lowest BCUT2D eigenvalue weighted by molar-refractivity contribution is -0.231. The number of methoxy groups -OCH3 is 1. The predicted molar refractivity (Wildman–Crippen MR) is 148 cm³/mol. The van der Waals surface area contributed by atoms with Crippen LogP contribution in [-0.4, -0.2) is 65.4 Å². The lowest BCUT2D eigenvalue weighted by atomic mass is 9.89. The Labute approximate surface area is 233 Å². The number of nitrogens with one attached hydrogen (secondary N) is 3. The van der Waals surface area contributed by atoms with Gasteiger partial charge in [-0.25, -0.2) is 19.3 Å². The number of nitrogens with zero attached hydrogens (tertiary/aromatic N) is 3. The number of benzene rings is 1. The van der Waals surface area contributed by atoms with E-state index < -0.39 is 11.7 Å². The maximum atomic E-state index is 13.7. The molecule has 214 valence electrons. The van der Waals surface area contributed by atoms with Crippen LogP contribution in [0, 0.1) is 11.2 Å². The SMILES string of the molecule is COCCCNc1nccc(-c2[nH]c(C3OCC(C)(C(=O)NC4CCCCC4)CO3)nc2-c2ccc(F)cc2)n1. The number of aromatic nitrogens is 4. The number of aromatic amines is 1. The molecule has 1 saturated heterocycles. The summed E-state index contributed by atoms with van der Waals surface area (Å²) in [5, 5.41) is 6.39. The Balaban J connectivity index is 1.34. The third-order valence-corrected chi connectivity index (χ3v) is 7.38. The van der Waals surface area contributed by atoms with E-state index >= 15 is 0 Å². The number of H-pyrrole nitrogens is 1. The van der Waals surface area contributed by atoms with E-state index in [1.807, 2.05) is 6.92 Å². The quantitative estimate of drug-likeness (QED) is 0.311. The van der Waals surface area contributed by atoms with E-state index in [1.54, 1.807) is 31.5 Å². The van der Waals surface area contributed by atoms with Crippen LogP contribution in [0.3, 0.4) is 0 Å². The van der Waals surface area contributed by atoms with Crippen LogP contribution in [0.4, 0.5) is 10.3 Å². The number of amides is 1. The van der Waals surface area contributed by atoms with Crippen LogP contribution in [0.1, 0.15) is 57.6 Å². The number of imidazole rings is 1. The normalized spacial score (nSPS) is 21.7. The average molecular weight is 553 g/mol. The number of anilines is 1. The molecule has 2 aliphatic rings. The largest absolute Gasteiger partial charge is 0.385 e. The molecule has 11 heteroatoms. The van der Waals surface area contributed by atoms with Crippen LogP contribution in [0.5, 0.6) is 0 Å². The summed E-state index contributed by atoms with van der Waals surface area (Å²) in [6.45, 7) is 3.55. The molecule has 3 aromatic rings. The summed E-state index contributed by atoms with van der Waals surface area (Å²) in [4.78, 5) is 30.2. The molecule has 0 bridgehead atoms. The van der Waals surface area contributed by atoms with Crippen LogP contribution in [0.2, 0.25) is 0 Å². The molecule has 1 aromatic carbocycles. The van der Waals surface area contributed by atoms with Crippen molar-refractivity contribution in [1.29, 1.82) is 0 Å². The van der Waals surface area contributed by atoms with Crippen LogP contribution in [-0.2, 0) is 19.0 Å². The average Bonchev–Trinajstić information content (AvgIpc) is 3.42. The number of ether oxygens (including phenoxy) is 3. The van der Waals surface area contributed by atoms with E-state index in [-0.39, 0.29) is 31.0 Å². The van der Waals surface area contributed by atoms with Crippen molar-refractivity contribution < 1.29 is 23.4 Å². The zero-order valence-electron chi connectivity index (χ0n) is 23.0. The molecule has 0 unspecified atom stereocenters. The summed E-state index contributed by atoms with van der Waals surface area (Å²) in [6, 6.07) is 8.10. The van der Waals surface area contributed by atoms with Gasteiger partial charge in [0.1, 0.15) is 5.82 Å². The van der Waals surface area contributed by atoms with Crippen molar-refractivity contribution in [3.8, 4) is 22.6 Å². The van der Waals surface area contributed by atoms with E-state index in [9.17, 15) is 9.18 Å². The van der Waals surface area contributed by atoms with Gasteiger partial charge in [0.15, 0.2) is 5.82 Å². The summed E-state index contributed by atoms with van der Waals surface area (Å²) in [5.41, 5.74) is 1.72. The second-order valence-corrected chi connectivity index (χ2v) is 10.7. The van der Waals surface area contributed by atoms with Crippen molar-refractivity contribution >= 4 is 11.9 Å². The summed E-state index contributed by atoms with van der Waals surface area (Å²) in [5.74, 6) is 0.531. The Kier molecular flexibility index (Phi) is 9.03. The fraction of sp³-hybridized carbons (Fsp3) is 0.517. The van der Waals surface area contributed by atoms with E-state index in [0.717, 1.165) is 32.1 Å². The highest BCUT2D eigenvalue weighted by Gasteiger charge is 2.41. The lowest BCUT2D eigenvalue weighted by Gasteiger charge is -2.37. The molecule has 1 aliphatic carbocycles. The number of hydrogen-bond acceptors (Lipinski definition) is 8. The standard InChI is InChI=1S/C29H37FN6O4/c1-29(27(37)33-21-7-4-3-5-8-21)17-39-26(40-18-29)25-35-23(19-9-11-20(30)12-10-19)24(36-25)22-13-15-32-28(34-22)31-14-6-16-38-2/h9-13,15,21,26H,3-8,14,16-18H2,1-2H3,(H,33,37)(H,35,36)(H,31,32,34). The maximum absolute atomic E-state index is 13.7. The maximum Gasteiger partial charge on any atom is 0.230 e. The first-order valence-corrected chi connectivity index (χ1v) is 13.9. The molecule has 0 spiro atoms. The summed E-state index contributed by atoms with van der Waals surface area (Å²) >= 11 is 0. The minimum absolute atomic E-state index is 0.0449. The van der Waals surface area contributed by atoms with E-state index in [1.165, 1.54) is 18.6 Å². The Morgan fingerprint density at radius 2 is 1.88 bits per heavy atom. The van der Waals surface area contributed by atoms with Gasteiger partial charge >= 0.3 is 0 Å². The van der Waals surface area contributed by atoms with Gasteiger partial charge in [0.25, 0.3) is 0 Å². The lowest BCUT2D eigenvalue weighted by Crippen LogP contribution is -2.51. The number of hydrogen-bond donors (Lipinski definition) is 3. The first-order valence-electron chi connectivity index (χ1n) is 13.9. The second-order valence-electron chi connectivity index (χ2n) is 10.7. The van der Waals surface area contributed by atoms with Crippen molar-refractivity contribution in [3.05, 3.63) is 48.2 Å². The predicted octanol–water partition coefficient (Wildman–Crippen LogP) is 4.62. The Hall–Kier alpha value is -3.41. The van der Waals surface area contributed by atoms with E-state index in [4.69, 9.17) is 19.2 Å². The van der Waals surface area contributed by atoms with Gasteiger partial charge in [-0.15, -0.1) is 0 Å². The molecule has 5 rings (SSSR count). The monoisotopic (exact) mass is 552 g/mol. The van der Waals surface area contributed by atoms with Gasteiger partial charge in [-0.1, -0.05) is 19.3 Å². The molecule has 1 saturated carbocycles. The van der Waals surface area contributed by atoms with Crippen LogP contribution < -0.4 is 10.6 Å². The molecule has 40 heavy (non-hydrogen) atoms. The van der Waals surface area contributed by atoms with Crippen LogP contribution in [0.25, 0.3) is 22.6 Å². The van der Waals surface area contributed by atoms with Crippen molar-refractivity contribution in [2.45, 2.75) is 57.8 Å². The Morgan fingerprint density at radius 1 is 1.12 bits per heavy atom. The molecule has 2 fully saturated rings. The van der Waals surface area contributed by atoms with Crippen molar-refractivity contribution in [3.63, 3.8) is 0 Å². The number of carbonyl (C=O) groups excluding carboxylic acids is 1. The molecule has 1 aliphatic heterocycles. The van der Waals surface area contributed by atoms with Crippen molar-refractivity contribution in [2.24, 2.45) is 5.41 Å². The Morgan fingerprint density at radius 3 is 2.60 bits per heavy atom. The Bertz CT molecular complexity index is 1270. The van der Waals surface area contributed by atoms with Gasteiger partial charge in [0, 0.05) is 38.1 Å². The highest BCUT2D eigenvalue weighted by molar-refractivity contribution is 5.83. The zero-order valence-corrected chi connectivity index (χ0v) is 23.0. The third-order valence-electron chi connectivity index (χ3n) is 7.38. The topological polar surface area (TPSA) is 123 Å². The molecule has 1 amide bonds. The summed E-state index contributed by atoms with van der Waals surface area (Å²) in [7, 11) is 1.66. The van der Waals surface area contributed by atoms with Crippen LogP contribution >= 0.6 is 0 Å². The number of rotatable bonds is 10. The summed E-state index contributed by atoms with van der Waals surface area (Å²) < 4.78 is 30.9. The van der Waals surface area contributed by atoms with E-state index in [2.05, 4.69) is 25.6 Å². The number of carbonyl (C=O) groups is 1. The van der Waals surface area contributed by atoms with Gasteiger partial charge in [-0.3, -0.25) is 4.79 Å². The highest BCUT2D eigenvalue weighted by Crippen LogP contribution is 2.36. The van der Waals surface area contributed by atoms with Gasteiger partial charge in [0.2, 0.25) is 18.1 Å². The minimum atomic E-state index is -0.794. The number of halogens is 1. The van der Waals surface area contributed by atoms with Crippen LogP contribution in [0.15, 0.2) is 36.5 Å². The van der Waals surface area contributed by atoms with Gasteiger partial charge < -0.3 is 29.8 Å². The highest BCUT2D eigenvalue weighted by atomic mass is 19.1. The minimum Gasteiger partial charge on any atom is -0.385 e. The smallest absolute Gasteiger partial charge is 0.230 e. The van der Waals surface area contributed by atoms with Crippen molar-refractivity contribution in [1.82, 2.24) is 25.3 Å². The molecule has 0 radical (unpaired) electrons. The molecular formula is C29H37FN6O4. The fourth-order valence-corrected chi connectivity index (χ4v) is 5.01. The van der Waals surface area contributed by atoms with E-state index in [0.29, 0.717) is 47.6 Å². The molecule has 3 N–H and O–H groups in total. The van der Waals surface area contributed by atoms with Gasteiger partial charge in [-0.2, -0.15) is 0 Å². The third kappa shape index (κ3) is 6.65.